The Balaban J connectivity index is 1.92. The van der Waals surface area contributed by atoms with Gasteiger partial charge in [0.1, 0.15) is 15.2 Å². The van der Waals surface area contributed by atoms with Crippen LogP contribution >= 0.6 is 22.6 Å². The van der Waals surface area contributed by atoms with Crippen molar-refractivity contribution in [2.75, 3.05) is 7.11 Å². The minimum absolute atomic E-state index is 0.525. The first kappa shape index (κ1) is 15.8. The first-order chi connectivity index (χ1) is 10.7. The number of ether oxygens (including phenoxy) is 1. The third-order valence-electron chi connectivity index (χ3n) is 4.70. The summed E-state index contributed by atoms with van der Waals surface area (Å²) in [5, 5.41) is 0. The van der Waals surface area contributed by atoms with Gasteiger partial charge in [0.05, 0.1) is 7.11 Å². The largest absolute Gasteiger partial charge is 0.497 e. The first-order valence-electron chi connectivity index (χ1n) is 8.03. The summed E-state index contributed by atoms with van der Waals surface area (Å²) in [5.41, 5.74) is 0.979. The molecule has 0 saturated heterocycles. The number of rotatable bonds is 4. The molecule has 1 aliphatic rings. The Bertz CT molecular complexity index is 638. The molecule has 0 aliphatic heterocycles. The monoisotopic (exact) mass is 411 g/mol. The lowest BCUT2D eigenvalue weighted by Crippen LogP contribution is -2.17. The number of oxazole rings is 1. The number of halogens is 1. The van der Waals surface area contributed by atoms with Gasteiger partial charge in [-0.25, -0.2) is 4.98 Å². The van der Waals surface area contributed by atoms with Gasteiger partial charge in [0.2, 0.25) is 5.89 Å². The fourth-order valence-corrected chi connectivity index (χ4v) is 4.19. The number of nitrogens with zero attached hydrogens (tertiary/aromatic N) is 1. The number of hydrogen-bond acceptors (Lipinski definition) is 3. The van der Waals surface area contributed by atoms with E-state index in [9.17, 15) is 0 Å². The Morgan fingerprint density at radius 3 is 2.91 bits per heavy atom. The zero-order valence-electron chi connectivity index (χ0n) is 13.1. The average molecular weight is 411 g/mol. The van der Waals surface area contributed by atoms with E-state index in [2.05, 4.69) is 34.5 Å². The van der Waals surface area contributed by atoms with Crippen molar-refractivity contribution in [3.63, 3.8) is 0 Å². The van der Waals surface area contributed by atoms with Crippen LogP contribution in [-0.2, 0) is 0 Å². The quantitative estimate of drug-likeness (QED) is 0.611. The Labute approximate surface area is 145 Å². The van der Waals surface area contributed by atoms with Crippen LogP contribution in [0.25, 0.3) is 11.5 Å². The molecule has 3 nitrogen and oxygen atoms in total. The second-order valence-corrected chi connectivity index (χ2v) is 6.99. The second-order valence-electron chi connectivity index (χ2n) is 5.97. The molecule has 2 atom stereocenters. The fourth-order valence-electron chi connectivity index (χ4n) is 3.46. The Hall–Kier alpha value is -1.04. The highest BCUT2D eigenvalue weighted by molar-refractivity contribution is 14.1. The van der Waals surface area contributed by atoms with E-state index < -0.39 is 0 Å². The van der Waals surface area contributed by atoms with Crippen molar-refractivity contribution in [3.8, 4) is 17.2 Å². The SMILES string of the molecule is CCC1CCCCC1c1oc(-c2cccc(OC)c2)nc1I. The molecule has 0 spiro atoms. The molecule has 2 unspecified atom stereocenters. The van der Waals surface area contributed by atoms with Gasteiger partial charge < -0.3 is 9.15 Å². The van der Waals surface area contributed by atoms with Gasteiger partial charge in [-0.15, -0.1) is 0 Å². The van der Waals surface area contributed by atoms with Gasteiger partial charge >= 0.3 is 0 Å². The Kier molecular flexibility index (Phi) is 5.06. The van der Waals surface area contributed by atoms with E-state index in [1.807, 2.05) is 24.3 Å². The average Bonchev–Trinajstić information content (AvgIpc) is 2.96. The zero-order valence-corrected chi connectivity index (χ0v) is 15.3. The maximum atomic E-state index is 6.20. The summed E-state index contributed by atoms with van der Waals surface area (Å²) in [4.78, 5) is 4.66. The lowest BCUT2D eigenvalue weighted by atomic mass is 9.77. The molecule has 1 aromatic heterocycles. The highest BCUT2D eigenvalue weighted by Crippen LogP contribution is 2.42. The van der Waals surface area contributed by atoms with Gasteiger partial charge in [0.25, 0.3) is 0 Å². The van der Waals surface area contributed by atoms with Crippen LogP contribution in [0.1, 0.15) is 50.7 Å². The molecule has 2 aromatic rings. The van der Waals surface area contributed by atoms with Crippen molar-refractivity contribution in [1.82, 2.24) is 4.98 Å². The zero-order chi connectivity index (χ0) is 15.5. The number of aromatic nitrogens is 1. The normalized spacial score (nSPS) is 21.8. The van der Waals surface area contributed by atoms with E-state index in [0.29, 0.717) is 11.8 Å². The summed E-state index contributed by atoms with van der Waals surface area (Å²) >= 11 is 2.32. The van der Waals surface area contributed by atoms with Gasteiger partial charge in [-0.2, -0.15) is 0 Å². The number of methoxy groups -OCH3 is 1. The van der Waals surface area contributed by atoms with Crippen molar-refractivity contribution >= 4 is 22.6 Å². The molecule has 1 aromatic carbocycles. The summed E-state index contributed by atoms with van der Waals surface area (Å²) in [6.45, 7) is 2.29. The van der Waals surface area contributed by atoms with Gasteiger partial charge in [-0.05, 0) is 59.5 Å². The molecular formula is C18H22INO2. The van der Waals surface area contributed by atoms with Crippen molar-refractivity contribution in [2.45, 2.75) is 44.9 Å². The van der Waals surface area contributed by atoms with E-state index in [-0.39, 0.29) is 0 Å². The first-order valence-corrected chi connectivity index (χ1v) is 9.11. The molecule has 0 N–H and O–H groups in total. The molecule has 22 heavy (non-hydrogen) atoms. The van der Waals surface area contributed by atoms with E-state index >= 15 is 0 Å². The standard InChI is InChI=1S/C18H22INO2/c1-3-12-7-4-5-10-15(12)16-17(19)20-18(22-16)13-8-6-9-14(11-13)21-2/h6,8-9,11-12,15H,3-5,7,10H2,1-2H3. The molecule has 0 amide bonds. The smallest absolute Gasteiger partial charge is 0.227 e. The van der Waals surface area contributed by atoms with Crippen molar-refractivity contribution in [2.24, 2.45) is 5.92 Å². The van der Waals surface area contributed by atoms with Crippen LogP contribution in [0.2, 0.25) is 0 Å². The predicted octanol–water partition coefficient (Wildman–Crippen LogP) is 5.64. The third-order valence-corrected chi connectivity index (χ3v) is 5.47. The molecule has 1 fully saturated rings. The lowest BCUT2D eigenvalue weighted by molar-refractivity contribution is 0.266. The maximum Gasteiger partial charge on any atom is 0.227 e. The second kappa shape index (κ2) is 7.02. The maximum absolute atomic E-state index is 6.20. The van der Waals surface area contributed by atoms with E-state index in [1.165, 1.54) is 32.1 Å². The highest BCUT2D eigenvalue weighted by atomic mass is 127. The van der Waals surface area contributed by atoms with Crippen LogP contribution in [0.15, 0.2) is 28.7 Å². The van der Waals surface area contributed by atoms with Gasteiger partial charge in [0, 0.05) is 11.5 Å². The minimum Gasteiger partial charge on any atom is -0.497 e. The number of hydrogen-bond donors (Lipinski definition) is 0. The van der Waals surface area contributed by atoms with Crippen LogP contribution in [0, 0.1) is 9.62 Å². The molecule has 3 rings (SSSR count). The Morgan fingerprint density at radius 2 is 2.14 bits per heavy atom. The summed E-state index contributed by atoms with van der Waals surface area (Å²) in [7, 11) is 1.68. The van der Waals surface area contributed by atoms with E-state index in [0.717, 1.165) is 26.7 Å². The number of benzene rings is 1. The van der Waals surface area contributed by atoms with E-state index in [4.69, 9.17) is 9.15 Å². The van der Waals surface area contributed by atoms with Gasteiger partial charge in [-0.3, -0.25) is 0 Å². The topological polar surface area (TPSA) is 35.3 Å². The molecule has 4 heteroatoms. The third kappa shape index (κ3) is 3.16. The fraction of sp³-hybridized carbons (Fsp3) is 0.500. The summed E-state index contributed by atoms with van der Waals surface area (Å²) < 4.78 is 12.5. The summed E-state index contributed by atoms with van der Waals surface area (Å²) in [6, 6.07) is 7.91. The van der Waals surface area contributed by atoms with Crippen LogP contribution in [-0.4, -0.2) is 12.1 Å². The van der Waals surface area contributed by atoms with Gasteiger partial charge in [-0.1, -0.05) is 32.3 Å². The molecule has 1 aliphatic carbocycles. The van der Waals surface area contributed by atoms with Gasteiger partial charge in [0.15, 0.2) is 0 Å². The summed E-state index contributed by atoms with van der Waals surface area (Å²) in [5.74, 6) is 3.88. The van der Waals surface area contributed by atoms with E-state index in [1.54, 1.807) is 7.11 Å². The molecule has 0 radical (unpaired) electrons. The molecule has 1 saturated carbocycles. The molecule has 0 bridgehead atoms. The molecular weight excluding hydrogens is 389 g/mol. The van der Waals surface area contributed by atoms with Crippen molar-refractivity contribution < 1.29 is 9.15 Å². The molecule has 1 heterocycles. The molecule has 118 valence electrons. The van der Waals surface area contributed by atoms with Crippen LogP contribution in [0.5, 0.6) is 5.75 Å². The lowest BCUT2D eigenvalue weighted by Gasteiger charge is -2.29. The van der Waals surface area contributed by atoms with Crippen LogP contribution < -0.4 is 4.74 Å². The Morgan fingerprint density at radius 1 is 1.32 bits per heavy atom. The van der Waals surface area contributed by atoms with Crippen molar-refractivity contribution in [1.29, 1.82) is 0 Å². The van der Waals surface area contributed by atoms with Crippen LogP contribution in [0.3, 0.4) is 0 Å². The van der Waals surface area contributed by atoms with Crippen molar-refractivity contribution in [3.05, 3.63) is 33.7 Å². The summed E-state index contributed by atoms with van der Waals surface area (Å²) in [6.07, 6.45) is 6.40. The highest BCUT2D eigenvalue weighted by Gasteiger charge is 2.30. The predicted molar refractivity (Wildman–Crippen MR) is 96.2 cm³/mol. The van der Waals surface area contributed by atoms with Crippen LogP contribution in [0.4, 0.5) is 0 Å². The minimum atomic E-state index is 0.525.